The Kier molecular flexibility index (Phi) is 6.45. The zero-order valence-electron chi connectivity index (χ0n) is 18.5. The highest BCUT2D eigenvalue weighted by Crippen LogP contribution is 2.32. The van der Waals surface area contributed by atoms with Gasteiger partial charge >= 0.3 is 0 Å². The number of para-hydroxylation sites is 2. The molecule has 0 fully saturated rings. The van der Waals surface area contributed by atoms with Crippen LogP contribution in [0.3, 0.4) is 0 Å². The van der Waals surface area contributed by atoms with Crippen molar-refractivity contribution in [3.8, 4) is 0 Å². The van der Waals surface area contributed by atoms with Crippen molar-refractivity contribution in [2.75, 3.05) is 11.4 Å². The van der Waals surface area contributed by atoms with Crippen molar-refractivity contribution in [1.82, 2.24) is 5.32 Å². The van der Waals surface area contributed by atoms with Crippen molar-refractivity contribution < 1.29 is 9.59 Å². The Labute approximate surface area is 188 Å². The number of carbonyl (C=O) groups is 2. The standard InChI is InChI=1S/C27H27N3O2/c1-3-20-12-14-22(15-13-20)24-16-27(32)30(25-7-5-4-6-23(25)29-24)18-26(31)28-17-21-10-8-19(2)9-11-21/h4-15H,3,16-18H2,1-2H3,(H,28,31). The van der Waals surface area contributed by atoms with Crippen LogP contribution < -0.4 is 10.2 Å². The van der Waals surface area contributed by atoms with Crippen LogP contribution in [-0.2, 0) is 22.6 Å². The second kappa shape index (κ2) is 9.60. The molecule has 5 nitrogen and oxygen atoms in total. The molecule has 1 aliphatic rings. The summed E-state index contributed by atoms with van der Waals surface area (Å²) in [5, 5.41) is 2.92. The molecule has 0 saturated heterocycles. The average Bonchev–Trinajstić information content (AvgIpc) is 2.95. The number of nitrogens with one attached hydrogen (secondary N) is 1. The molecule has 32 heavy (non-hydrogen) atoms. The van der Waals surface area contributed by atoms with Gasteiger partial charge in [0.2, 0.25) is 11.8 Å². The number of nitrogens with zero attached hydrogens (tertiary/aromatic N) is 2. The van der Waals surface area contributed by atoms with Gasteiger partial charge < -0.3 is 10.2 Å². The molecule has 1 N–H and O–H groups in total. The largest absolute Gasteiger partial charge is 0.350 e. The third-order valence-electron chi connectivity index (χ3n) is 5.66. The van der Waals surface area contributed by atoms with E-state index in [1.165, 1.54) is 16.0 Å². The molecule has 0 atom stereocenters. The molecule has 2 amide bonds. The van der Waals surface area contributed by atoms with Crippen molar-refractivity contribution in [3.63, 3.8) is 0 Å². The predicted molar refractivity (Wildman–Crippen MR) is 128 cm³/mol. The quantitative estimate of drug-likeness (QED) is 0.621. The molecule has 0 bridgehead atoms. The Morgan fingerprint density at radius 3 is 2.38 bits per heavy atom. The van der Waals surface area contributed by atoms with Crippen molar-refractivity contribution >= 4 is 28.9 Å². The Bertz CT molecular complexity index is 1150. The minimum atomic E-state index is -0.204. The molecule has 0 unspecified atom stereocenters. The first kappa shape index (κ1) is 21.5. The van der Waals surface area contributed by atoms with Crippen LogP contribution in [0.5, 0.6) is 0 Å². The lowest BCUT2D eigenvalue weighted by atomic mass is 10.0. The van der Waals surface area contributed by atoms with Crippen LogP contribution in [0.25, 0.3) is 0 Å². The van der Waals surface area contributed by atoms with Gasteiger partial charge in [-0.3, -0.25) is 14.6 Å². The van der Waals surface area contributed by atoms with Crippen LogP contribution in [0, 0.1) is 6.92 Å². The highest BCUT2D eigenvalue weighted by atomic mass is 16.2. The molecule has 3 aromatic carbocycles. The lowest BCUT2D eigenvalue weighted by molar-refractivity contribution is -0.123. The average molecular weight is 426 g/mol. The summed E-state index contributed by atoms with van der Waals surface area (Å²) >= 11 is 0. The number of anilines is 1. The second-order valence-electron chi connectivity index (χ2n) is 8.02. The number of hydrogen-bond acceptors (Lipinski definition) is 3. The van der Waals surface area contributed by atoms with E-state index < -0.39 is 0 Å². The zero-order valence-corrected chi connectivity index (χ0v) is 18.5. The second-order valence-corrected chi connectivity index (χ2v) is 8.02. The van der Waals surface area contributed by atoms with Gasteiger partial charge in [0.05, 0.1) is 23.5 Å². The van der Waals surface area contributed by atoms with Gasteiger partial charge in [-0.2, -0.15) is 0 Å². The number of rotatable bonds is 6. The summed E-state index contributed by atoms with van der Waals surface area (Å²) in [6, 6.07) is 23.6. The van der Waals surface area contributed by atoms with Gasteiger partial charge in [-0.15, -0.1) is 0 Å². The first-order valence-electron chi connectivity index (χ1n) is 10.9. The normalized spacial score (nSPS) is 13.2. The van der Waals surface area contributed by atoms with E-state index in [0.717, 1.165) is 17.5 Å². The number of hydrogen-bond donors (Lipinski definition) is 1. The van der Waals surface area contributed by atoms with Crippen LogP contribution in [0.2, 0.25) is 0 Å². The van der Waals surface area contributed by atoms with Gasteiger partial charge in [0.25, 0.3) is 0 Å². The van der Waals surface area contributed by atoms with Crippen molar-refractivity contribution in [2.24, 2.45) is 4.99 Å². The number of fused-ring (bicyclic) bond motifs is 1. The van der Waals surface area contributed by atoms with Gasteiger partial charge in [-0.25, -0.2) is 0 Å². The van der Waals surface area contributed by atoms with Crippen LogP contribution in [-0.4, -0.2) is 24.1 Å². The van der Waals surface area contributed by atoms with Gasteiger partial charge in [0, 0.05) is 6.54 Å². The number of carbonyl (C=O) groups excluding carboxylic acids is 2. The smallest absolute Gasteiger partial charge is 0.240 e. The topological polar surface area (TPSA) is 61.8 Å². The minimum absolute atomic E-state index is 0.0424. The summed E-state index contributed by atoms with van der Waals surface area (Å²) in [6.07, 6.45) is 1.10. The van der Waals surface area contributed by atoms with Crippen molar-refractivity contribution in [1.29, 1.82) is 0 Å². The van der Waals surface area contributed by atoms with Crippen LogP contribution in [0.4, 0.5) is 11.4 Å². The third-order valence-corrected chi connectivity index (χ3v) is 5.66. The fourth-order valence-corrected chi connectivity index (χ4v) is 3.72. The molecule has 0 aromatic heterocycles. The monoisotopic (exact) mass is 425 g/mol. The van der Waals surface area contributed by atoms with Crippen LogP contribution in [0.1, 0.15) is 35.6 Å². The lowest BCUT2D eigenvalue weighted by Crippen LogP contribution is -2.41. The van der Waals surface area contributed by atoms with E-state index in [-0.39, 0.29) is 24.8 Å². The SMILES string of the molecule is CCc1ccc(C2=Nc3ccccc3N(CC(=O)NCc3ccc(C)cc3)C(=O)C2)cc1. The Morgan fingerprint density at radius 2 is 1.66 bits per heavy atom. The minimum Gasteiger partial charge on any atom is -0.350 e. The van der Waals surface area contributed by atoms with E-state index in [9.17, 15) is 9.59 Å². The summed E-state index contributed by atoms with van der Waals surface area (Å²) in [5.41, 5.74) is 6.42. The lowest BCUT2D eigenvalue weighted by Gasteiger charge is -2.22. The molecular formula is C27H27N3O2. The van der Waals surface area contributed by atoms with E-state index in [2.05, 4.69) is 24.4 Å². The van der Waals surface area contributed by atoms with Crippen LogP contribution >= 0.6 is 0 Å². The molecule has 0 radical (unpaired) electrons. The molecule has 162 valence electrons. The van der Waals surface area contributed by atoms with Crippen LogP contribution in [0.15, 0.2) is 77.8 Å². The summed E-state index contributed by atoms with van der Waals surface area (Å²) in [4.78, 5) is 32.2. The van der Waals surface area contributed by atoms with E-state index in [1.807, 2.05) is 67.6 Å². The molecule has 1 aliphatic heterocycles. The number of aryl methyl sites for hydroxylation is 2. The van der Waals surface area contributed by atoms with E-state index in [1.54, 1.807) is 0 Å². The van der Waals surface area contributed by atoms with Gasteiger partial charge in [0.15, 0.2) is 0 Å². The predicted octanol–water partition coefficient (Wildman–Crippen LogP) is 4.73. The third kappa shape index (κ3) is 4.94. The summed E-state index contributed by atoms with van der Waals surface area (Å²) < 4.78 is 0. The van der Waals surface area contributed by atoms with Gasteiger partial charge in [0.1, 0.15) is 6.54 Å². The molecule has 1 heterocycles. The number of amides is 2. The molecule has 4 rings (SSSR count). The molecular weight excluding hydrogens is 398 g/mol. The number of aliphatic imine (C=N–C) groups is 1. The molecule has 0 aliphatic carbocycles. The maximum absolute atomic E-state index is 13.2. The van der Waals surface area contributed by atoms with Gasteiger partial charge in [-0.05, 0) is 42.2 Å². The zero-order chi connectivity index (χ0) is 22.5. The maximum Gasteiger partial charge on any atom is 0.240 e. The highest BCUT2D eigenvalue weighted by molar-refractivity contribution is 6.18. The summed E-state index contributed by atoms with van der Waals surface area (Å²) in [7, 11) is 0. The fraction of sp³-hybridized carbons (Fsp3) is 0.222. The van der Waals surface area contributed by atoms with Crippen molar-refractivity contribution in [2.45, 2.75) is 33.2 Å². The fourth-order valence-electron chi connectivity index (χ4n) is 3.72. The van der Waals surface area contributed by atoms with Crippen molar-refractivity contribution in [3.05, 3.63) is 95.1 Å². The molecule has 5 heteroatoms. The number of benzene rings is 3. The van der Waals surface area contributed by atoms with E-state index in [4.69, 9.17) is 4.99 Å². The summed E-state index contributed by atoms with van der Waals surface area (Å²) in [6.45, 7) is 4.52. The molecule has 0 saturated carbocycles. The Balaban J connectivity index is 1.52. The van der Waals surface area contributed by atoms with E-state index in [0.29, 0.717) is 23.6 Å². The molecule has 0 spiro atoms. The van der Waals surface area contributed by atoms with Gasteiger partial charge in [-0.1, -0.05) is 73.2 Å². The maximum atomic E-state index is 13.2. The summed E-state index contributed by atoms with van der Waals surface area (Å²) in [5.74, 6) is -0.344. The van der Waals surface area contributed by atoms with E-state index >= 15 is 0 Å². The first-order valence-corrected chi connectivity index (χ1v) is 10.9. The Hall–Kier alpha value is -3.73. The Morgan fingerprint density at radius 1 is 0.969 bits per heavy atom. The highest BCUT2D eigenvalue weighted by Gasteiger charge is 2.26. The first-order chi connectivity index (χ1) is 15.5. The molecule has 3 aromatic rings.